The van der Waals surface area contributed by atoms with E-state index in [1.807, 2.05) is 6.07 Å². The second-order valence-electron chi connectivity index (χ2n) is 2.23. The zero-order valence-electron chi connectivity index (χ0n) is 6.31. The molecular formula is C7H5N3O2. The van der Waals surface area contributed by atoms with Crippen molar-refractivity contribution in [3.63, 3.8) is 0 Å². The van der Waals surface area contributed by atoms with Crippen LogP contribution in [0, 0.1) is 28.4 Å². The van der Waals surface area contributed by atoms with Gasteiger partial charge in [0.05, 0.1) is 5.56 Å². The molecule has 0 bridgehead atoms. The Bertz CT molecular complexity index is 367. The van der Waals surface area contributed by atoms with Crippen LogP contribution >= 0.6 is 0 Å². The Hall–Kier alpha value is -1.96. The smallest absolute Gasteiger partial charge is 0.358 e. The van der Waals surface area contributed by atoms with Crippen molar-refractivity contribution in [3.05, 3.63) is 33.5 Å². The van der Waals surface area contributed by atoms with Crippen LogP contribution in [0.15, 0.2) is 12.3 Å². The lowest BCUT2D eigenvalue weighted by molar-refractivity contribution is -0.389. The predicted octanol–water partition coefficient (Wildman–Crippen LogP) is 1.17. The van der Waals surface area contributed by atoms with Gasteiger partial charge >= 0.3 is 5.82 Å². The zero-order valence-corrected chi connectivity index (χ0v) is 6.31. The molecule has 0 fully saturated rings. The van der Waals surface area contributed by atoms with Gasteiger partial charge in [-0.25, -0.2) is 0 Å². The molecule has 0 unspecified atom stereocenters. The van der Waals surface area contributed by atoms with Gasteiger partial charge in [0.25, 0.3) is 0 Å². The van der Waals surface area contributed by atoms with Crippen LogP contribution in [-0.4, -0.2) is 9.91 Å². The van der Waals surface area contributed by atoms with Crippen LogP contribution in [0.1, 0.15) is 11.1 Å². The number of rotatable bonds is 1. The van der Waals surface area contributed by atoms with E-state index < -0.39 is 4.92 Å². The SMILES string of the molecule is Cc1cc([N+](=O)[O-])ncc1C#N. The van der Waals surface area contributed by atoms with Gasteiger partial charge in [-0.05, 0) is 22.4 Å². The predicted molar refractivity (Wildman–Crippen MR) is 40.3 cm³/mol. The summed E-state index contributed by atoms with van der Waals surface area (Å²) in [5.41, 5.74) is 0.930. The van der Waals surface area contributed by atoms with Crippen molar-refractivity contribution in [1.29, 1.82) is 5.26 Å². The normalized spacial score (nSPS) is 9.00. The zero-order chi connectivity index (χ0) is 9.14. The average molecular weight is 163 g/mol. The fraction of sp³-hybridized carbons (Fsp3) is 0.143. The fourth-order valence-electron chi connectivity index (χ4n) is 0.758. The molecule has 5 heteroatoms. The van der Waals surface area contributed by atoms with Crippen molar-refractivity contribution in [2.45, 2.75) is 6.92 Å². The van der Waals surface area contributed by atoms with Crippen LogP contribution in [-0.2, 0) is 0 Å². The van der Waals surface area contributed by atoms with Gasteiger partial charge in [-0.2, -0.15) is 5.26 Å². The van der Waals surface area contributed by atoms with Gasteiger partial charge in [0.1, 0.15) is 6.07 Å². The summed E-state index contributed by atoms with van der Waals surface area (Å²) in [4.78, 5) is 13.1. The maximum Gasteiger partial charge on any atom is 0.363 e. The molecule has 0 atom stereocenters. The summed E-state index contributed by atoms with van der Waals surface area (Å²) in [6.07, 6.45) is 1.20. The lowest BCUT2D eigenvalue weighted by Crippen LogP contribution is -1.93. The van der Waals surface area contributed by atoms with E-state index in [1.54, 1.807) is 6.92 Å². The van der Waals surface area contributed by atoms with Crippen LogP contribution in [0.3, 0.4) is 0 Å². The number of aromatic nitrogens is 1. The van der Waals surface area contributed by atoms with Gasteiger partial charge in [-0.1, -0.05) is 0 Å². The first-order valence-electron chi connectivity index (χ1n) is 3.16. The molecule has 5 nitrogen and oxygen atoms in total. The summed E-state index contributed by atoms with van der Waals surface area (Å²) < 4.78 is 0. The minimum absolute atomic E-state index is 0.230. The molecule has 0 aliphatic carbocycles. The first-order chi connectivity index (χ1) is 5.65. The molecule has 0 aliphatic rings. The Kier molecular flexibility index (Phi) is 2.01. The van der Waals surface area contributed by atoms with Crippen molar-refractivity contribution in [3.8, 4) is 6.07 Å². The van der Waals surface area contributed by atoms with E-state index in [0.717, 1.165) is 0 Å². The first kappa shape index (κ1) is 8.14. The van der Waals surface area contributed by atoms with E-state index in [2.05, 4.69) is 4.98 Å². The number of nitriles is 1. The molecule has 0 aliphatic heterocycles. The molecule has 1 aromatic rings. The van der Waals surface area contributed by atoms with Crippen LogP contribution < -0.4 is 0 Å². The molecule has 60 valence electrons. The lowest BCUT2D eigenvalue weighted by atomic mass is 10.2. The van der Waals surface area contributed by atoms with Gasteiger partial charge in [0.15, 0.2) is 6.20 Å². The molecular weight excluding hydrogens is 158 g/mol. The molecule has 12 heavy (non-hydrogen) atoms. The van der Waals surface area contributed by atoms with Gasteiger partial charge < -0.3 is 10.1 Å². The monoisotopic (exact) mass is 163 g/mol. The standard InChI is InChI=1S/C7H5N3O2/c1-5-2-7(10(11)12)9-4-6(5)3-8/h2,4H,1H3. The van der Waals surface area contributed by atoms with Crippen molar-refractivity contribution >= 4 is 5.82 Å². The Morgan fingerprint density at radius 3 is 2.83 bits per heavy atom. The third-order valence-corrected chi connectivity index (χ3v) is 1.40. The van der Waals surface area contributed by atoms with Crippen LogP contribution in [0.5, 0.6) is 0 Å². The van der Waals surface area contributed by atoms with Crippen molar-refractivity contribution < 1.29 is 4.92 Å². The van der Waals surface area contributed by atoms with Crippen molar-refractivity contribution in [2.24, 2.45) is 0 Å². The molecule has 0 radical (unpaired) electrons. The highest BCUT2D eigenvalue weighted by atomic mass is 16.6. The number of aryl methyl sites for hydroxylation is 1. The number of nitro groups is 1. The summed E-state index contributed by atoms with van der Waals surface area (Å²) in [6.45, 7) is 1.63. The van der Waals surface area contributed by atoms with E-state index in [1.165, 1.54) is 12.3 Å². The summed E-state index contributed by atoms with van der Waals surface area (Å²) >= 11 is 0. The summed E-state index contributed by atoms with van der Waals surface area (Å²) in [6, 6.07) is 3.15. The highest BCUT2D eigenvalue weighted by molar-refractivity contribution is 5.38. The quantitative estimate of drug-likeness (QED) is 0.459. The Morgan fingerprint density at radius 2 is 2.42 bits per heavy atom. The van der Waals surface area contributed by atoms with Gasteiger partial charge in [0, 0.05) is 6.07 Å². The maximum atomic E-state index is 10.2. The summed E-state index contributed by atoms with van der Waals surface area (Å²) in [5, 5.41) is 18.7. The maximum absolute atomic E-state index is 10.2. The average Bonchev–Trinajstić information content (AvgIpc) is 2.04. The van der Waals surface area contributed by atoms with E-state index in [9.17, 15) is 10.1 Å². The second-order valence-corrected chi connectivity index (χ2v) is 2.23. The highest BCUT2D eigenvalue weighted by Gasteiger charge is 2.09. The third kappa shape index (κ3) is 1.37. The molecule has 1 rings (SSSR count). The van der Waals surface area contributed by atoms with Crippen LogP contribution in [0.25, 0.3) is 0 Å². The molecule has 1 heterocycles. The Balaban J connectivity index is 3.21. The van der Waals surface area contributed by atoms with Crippen molar-refractivity contribution in [1.82, 2.24) is 4.98 Å². The number of pyridine rings is 1. The van der Waals surface area contributed by atoms with E-state index in [0.29, 0.717) is 11.1 Å². The Labute approximate surface area is 68.4 Å². The van der Waals surface area contributed by atoms with Gasteiger partial charge in [-0.15, -0.1) is 0 Å². The number of hydrogen-bond acceptors (Lipinski definition) is 4. The third-order valence-electron chi connectivity index (χ3n) is 1.40. The molecule has 0 aromatic carbocycles. The molecule has 0 N–H and O–H groups in total. The Morgan fingerprint density at radius 1 is 1.75 bits per heavy atom. The molecule has 0 saturated carbocycles. The lowest BCUT2D eigenvalue weighted by Gasteiger charge is -1.93. The summed E-state index contributed by atoms with van der Waals surface area (Å²) in [5.74, 6) is -0.230. The molecule has 1 aromatic heterocycles. The molecule has 0 saturated heterocycles. The fourth-order valence-corrected chi connectivity index (χ4v) is 0.758. The van der Waals surface area contributed by atoms with E-state index in [-0.39, 0.29) is 5.82 Å². The van der Waals surface area contributed by atoms with E-state index >= 15 is 0 Å². The highest BCUT2D eigenvalue weighted by Crippen LogP contribution is 2.11. The number of hydrogen-bond donors (Lipinski definition) is 0. The number of nitrogens with zero attached hydrogens (tertiary/aromatic N) is 3. The summed E-state index contributed by atoms with van der Waals surface area (Å²) in [7, 11) is 0. The van der Waals surface area contributed by atoms with Gasteiger partial charge in [-0.3, -0.25) is 0 Å². The topological polar surface area (TPSA) is 79.8 Å². The minimum atomic E-state index is -0.589. The van der Waals surface area contributed by atoms with Gasteiger partial charge in [0.2, 0.25) is 0 Å². The van der Waals surface area contributed by atoms with Crippen LogP contribution in [0.4, 0.5) is 5.82 Å². The largest absolute Gasteiger partial charge is 0.363 e. The second kappa shape index (κ2) is 2.96. The van der Waals surface area contributed by atoms with E-state index in [4.69, 9.17) is 5.26 Å². The minimum Gasteiger partial charge on any atom is -0.358 e. The van der Waals surface area contributed by atoms with Crippen molar-refractivity contribution in [2.75, 3.05) is 0 Å². The first-order valence-corrected chi connectivity index (χ1v) is 3.16. The molecule has 0 amide bonds. The molecule has 0 spiro atoms. The van der Waals surface area contributed by atoms with Crippen LogP contribution in [0.2, 0.25) is 0 Å².